The molecule has 82 valence electrons. The van der Waals surface area contributed by atoms with Gasteiger partial charge in [0.15, 0.2) is 0 Å². The molecule has 3 N–H and O–H groups in total. The van der Waals surface area contributed by atoms with Crippen molar-refractivity contribution in [3.05, 3.63) is 32.1 Å². The molecule has 7 heteroatoms. The number of allylic oxidation sites excluding steroid dienone is 1. The Kier molecular flexibility index (Phi) is 2.28. The molecule has 7 nitrogen and oxygen atoms in total. The summed E-state index contributed by atoms with van der Waals surface area (Å²) in [4.78, 5) is 34.1. The Morgan fingerprint density at radius 3 is 2.69 bits per heavy atom. The molecule has 0 saturated carbocycles. The van der Waals surface area contributed by atoms with Gasteiger partial charge in [-0.2, -0.15) is 0 Å². The fourth-order valence-electron chi connectivity index (χ4n) is 1.23. The molecule has 0 spiro atoms. The molecule has 0 fully saturated rings. The van der Waals surface area contributed by atoms with Gasteiger partial charge in [-0.05, 0) is 13.0 Å². The zero-order valence-electron chi connectivity index (χ0n) is 8.31. The van der Waals surface area contributed by atoms with Gasteiger partial charge in [-0.25, -0.2) is 14.8 Å². The van der Waals surface area contributed by atoms with Gasteiger partial charge < -0.3 is 5.11 Å². The summed E-state index contributed by atoms with van der Waals surface area (Å²) in [6.07, 6.45) is 2.70. The maximum atomic E-state index is 11.4. The lowest BCUT2D eigenvalue weighted by Crippen LogP contribution is -2.23. The molecule has 0 radical (unpaired) electrons. The van der Waals surface area contributed by atoms with E-state index in [0.717, 1.165) is 0 Å². The van der Waals surface area contributed by atoms with Crippen LogP contribution in [0.2, 0.25) is 0 Å². The molecule has 0 amide bonds. The third kappa shape index (κ3) is 1.70. The number of H-pyrrole nitrogens is 2. The summed E-state index contributed by atoms with van der Waals surface area (Å²) in [5.74, 6) is -0.490. The van der Waals surface area contributed by atoms with Gasteiger partial charge in [-0.3, -0.25) is 14.8 Å². The summed E-state index contributed by atoms with van der Waals surface area (Å²) in [5.41, 5.74) is -0.394. The predicted molar refractivity (Wildman–Crippen MR) is 58.9 cm³/mol. The van der Waals surface area contributed by atoms with Crippen molar-refractivity contribution >= 4 is 18.1 Å². The second kappa shape index (κ2) is 3.61. The molecule has 0 aromatic carbocycles. The van der Waals surface area contributed by atoms with Gasteiger partial charge in [-0.15, -0.1) is 0 Å². The van der Waals surface area contributed by atoms with E-state index in [1.807, 2.05) is 4.98 Å². The van der Waals surface area contributed by atoms with E-state index in [2.05, 4.69) is 15.0 Å². The van der Waals surface area contributed by atoms with Crippen LogP contribution < -0.4 is 11.2 Å². The molecule has 0 saturated heterocycles. The first-order valence-corrected chi connectivity index (χ1v) is 4.42. The number of aromatic nitrogens is 2. The van der Waals surface area contributed by atoms with Crippen LogP contribution in [0.3, 0.4) is 0 Å². The van der Waals surface area contributed by atoms with Crippen molar-refractivity contribution in [3.8, 4) is 5.88 Å². The van der Waals surface area contributed by atoms with E-state index in [9.17, 15) is 14.7 Å². The van der Waals surface area contributed by atoms with Crippen molar-refractivity contribution in [2.24, 2.45) is 9.98 Å². The van der Waals surface area contributed by atoms with E-state index in [1.165, 1.54) is 12.4 Å². The van der Waals surface area contributed by atoms with Crippen LogP contribution in [-0.2, 0) is 0 Å². The first-order valence-electron chi connectivity index (χ1n) is 4.42. The minimum Gasteiger partial charge on any atom is -0.494 e. The lowest BCUT2D eigenvalue weighted by molar-refractivity contribution is 0.447. The van der Waals surface area contributed by atoms with Gasteiger partial charge in [0, 0.05) is 0 Å². The minimum absolute atomic E-state index is 0.0526. The summed E-state index contributed by atoms with van der Waals surface area (Å²) >= 11 is 0. The van der Waals surface area contributed by atoms with Crippen molar-refractivity contribution in [2.75, 3.05) is 0 Å². The fourth-order valence-corrected chi connectivity index (χ4v) is 1.23. The van der Waals surface area contributed by atoms with E-state index in [-0.39, 0.29) is 5.56 Å². The van der Waals surface area contributed by atoms with Crippen LogP contribution in [0.5, 0.6) is 5.88 Å². The average Bonchev–Trinajstić information content (AvgIpc) is 2.57. The Morgan fingerprint density at radius 2 is 2.12 bits per heavy atom. The summed E-state index contributed by atoms with van der Waals surface area (Å²) in [6, 6.07) is 0. The maximum absolute atomic E-state index is 11.4. The van der Waals surface area contributed by atoms with E-state index < -0.39 is 17.1 Å². The normalized spacial score (nSPS) is 16.8. The second-order valence-electron chi connectivity index (χ2n) is 3.16. The Bertz CT molecular complexity index is 633. The molecule has 0 unspecified atom stereocenters. The monoisotopic (exact) mass is 220 g/mol. The number of rotatable bonds is 1. The number of hydrogen-bond donors (Lipinski definition) is 3. The first kappa shape index (κ1) is 10.1. The molecule has 2 rings (SSSR count). The molecule has 1 aromatic rings. The van der Waals surface area contributed by atoms with Crippen molar-refractivity contribution in [1.82, 2.24) is 9.97 Å². The summed E-state index contributed by atoms with van der Waals surface area (Å²) < 4.78 is 0. The Morgan fingerprint density at radius 1 is 1.38 bits per heavy atom. The number of nitrogens with one attached hydrogen (secondary N) is 2. The number of aromatic amines is 2. The molecule has 0 bridgehead atoms. The van der Waals surface area contributed by atoms with Gasteiger partial charge in [0.05, 0.1) is 11.4 Å². The average molecular weight is 220 g/mol. The largest absolute Gasteiger partial charge is 0.494 e. The molecule has 16 heavy (non-hydrogen) atoms. The Hall–Kier alpha value is -2.44. The molecule has 0 atom stereocenters. The number of hydrogen-bond acceptors (Lipinski definition) is 5. The van der Waals surface area contributed by atoms with E-state index in [4.69, 9.17) is 0 Å². The first-order chi connectivity index (χ1) is 7.58. The molecule has 1 aliphatic heterocycles. The lowest BCUT2D eigenvalue weighted by atomic mass is 10.2. The smallest absolute Gasteiger partial charge is 0.328 e. The summed E-state index contributed by atoms with van der Waals surface area (Å²) in [7, 11) is 0. The highest BCUT2D eigenvalue weighted by molar-refractivity contribution is 6.09. The molecule has 1 aromatic heterocycles. The highest BCUT2D eigenvalue weighted by Gasteiger charge is 2.10. The van der Waals surface area contributed by atoms with Gasteiger partial charge in [0.25, 0.3) is 5.56 Å². The number of aromatic hydroxyl groups is 1. The summed E-state index contributed by atoms with van der Waals surface area (Å²) in [6.45, 7) is 1.72. The second-order valence-corrected chi connectivity index (χ2v) is 3.16. The van der Waals surface area contributed by atoms with Gasteiger partial charge in [-0.1, -0.05) is 0 Å². The predicted octanol–water partition coefficient (Wildman–Crippen LogP) is -0.388. The third-order valence-corrected chi connectivity index (χ3v) is 2.06. The van der Waals surface area contributed by atoms with E-state index in [0.29, 0.717) is 11.4 Å². The van der Waals surface area contributed by atoms with Crippen LogP contribution in [0, 0.1) is 0 Å². The third-order valence-electron chi connectivity index (χ3n) is 2.06. The van der Waals surface area contributed by atoms with Gasteiger partial charge in [0.2, 0.25) is 5.88 Å². The minimum atomic E-state index is -0.759. The van der Waals surface area contributed by atoms with Crippen molar-refractivity contribution in [2.45, 2.75) is 6.92 Å². The zero-order chi connectivity index (χ0) is 11.7. The topological polar surface area (TPSA) is 111 Å². The molecular formula is C9H8N4O3. The van der Waals surface area contributed by atoms with E-state index >= 15 is 0 Å². The van der Waals surface area contributed by atoms with Crippen LogP contribution in [0.15, 0.2) is 25.3 Å². The quantitative estimate of drug-likeness (QED) is 0.599. The van der Waals surface area contributed by atoms with Crippen LogP contribution in [0.25, 0.3) is 6.08 Å². The SMILES string of the molecule is CC1=NC=N/C1=C\c1c(O)[nH]c(=O)[nH]c1=O. The van der Waals surface area contributed by atoms with Gasteiger partial charge >= 0.3 is 5.69 Å². The molecule has 1 aliphatic rings. The lowest BCUT2D eigenvalue weighted by Gasteiger charge is -1.98. The highest BCUT2D eigenvalue weighted by Crippen LogP contribution is 2.14. The zero-order valence-corrected chi connectivity index (χ0v) is 8.31. The summed E-state index contributed by atoms with van der Waals surface area (Å²) in [5, 5.41) is 9.41. The highest BCUT2D eigenvalue weighted by atomic mass is 16.3. The van der Waals surface area contributed by atoms with Crippen molar-refractivity contribution in [3.63, 3.8) is 0 Å². The Balaban J connectivity index is 2.59. The standard InChI is InChI=1S/C9H8N4O3/c1-4-6(11-3-10-4)2-5-7(14)12-9(16)13-8(5)15/h2-3H,1H3,(H3,12,13,14,15,16)/b6-2-. The number of aliphatic imine (C=N–C) groups is 2. The van der Waals surface area contributed by atoms with Crippen molar-refractivity contribution in [1.29, 1.82) is 0 Å². The van der Waals surface area contributed by atoms with Crippen LogP contribution in [0.1, 0.15) is 12.5 Å². The molecule has 2 heterocycles. The molecular weight excluding hydrogens is 212 g/mol. The van der Waals surface area contributed by atoms with Gasteiger partial charge in [0.1, 0.15) is 11.9 Å². The van der Waals surface area contributed by atoms with Crippen molar-refractivity contribution < 1.29 is 5.11 Å². The number of nitrogens with zero attached hydrogens (tertiary/aromatic N) is 2. The van der Waals surface area contributed by atoms with Crippen LogP contribution in [0.4, 0.5) is 0 Å². The Labute approximate surface area is 88.9 Å². The maximum Gasteiger partial charge on any atom is 0.328 e. The van der Waals surface area contributed by atoms with Crippen LogP contribution >= 0.6 is 0 Å². The van der Waals surface area contributed by atoms with E-state index in [1.54, 1.807) is 6.92 Å². The van der Waals surface area contributed by atoms with Crippen LogP contribution in [-0.4, -0.2) is 27.1 Å². The fraction of sp³-hybridized carbons (Fsp3) is 0.111. The molecule has 0 aliphatic carbocycles.